The van der Waals surface area contributed by atoms with Crippen LogP contribution in [0.3, 0.4) is 0 Å². The van der Waals surface area contributed by atoms with E-state index < -0.39 is 0 Å². The van der Waals surface area contributed by atoms with Crippen LogP contribution >= 0.6 is 11.6 Å². The monoisotopic (exact) mass is 268 g/mol. The lowest BCUT2D eigenvalue weighted by Crippen LogP contribution is -2.45. The molecule has 98 valence electrons. The number of nitrogens with zero attached hydrogens (tertiary/aromatic N) is 2. The highest BCUT2D eigenvalue weighted by molar-refractivity contribution is 6.34. The number of aliphatic imine (C=N–C) groups is 1. The summed E-state index contributed by atoms with van der Waals surface area (Å²) in [6, 6.07) is 5.19. The van der Waals surface area contributed by atoms with Crippen LogP contribution in [0.15, 0.2) is 23.2 Å². The van der Waals surface area contributed by atoms with E-state index in [0.29, 0.717) is 16.7 Å². The van der Waals surface area contributed by atoms with Gasteiger partial charge in [-0.05, 0) is 18.6 Å². The zero-order valence-electron chi connectivity index (χ0n) is 10.9. The fraction of sp³-hybridized carbons (Fsp3) is 0.333. The third-order valence-electron chi connectivity index (χ3n) is 2.51. The van der Waals surface area contributed by atoms with Gasteiger partial charge >= 0.3 is 6.03 Å². The van der Waals surface area contributed by atoms with Crippen LogP contribution in [0.25, 0.3) is 0 Å². The van der Waals surface area contributed by atoms with Crippen molar-refractivity contribution < 1.29 is 4.79 Å². The van der Waals surface area contributed by atoms with E-state index in [-0.39, 0.29) is 6.03 Å². The molecule has 18 heavy (non-hydrogen) atoms. The van der Waals surface area contributed by atoms with E-state index in [9.17, 15) is 4.79 Å². The van der Waals surface area contributed by atoms with Crippen molar-refractivity contribution in [1.82, 2.24) is 10.6 Å². The molecule has 1 rings (SSSR count). The van der Waals surface area contributed by atoms with Gasteiger partial charge in [0, 0.05) is 21.1 Å². The molecule has 0 aliphatic heterocycles. The van der Waals surface area contributed by atoms with Gasteiger partial charge in [-0.15, -0.1) is 0 Å². The number of benzene rings is 1. The highest BCUT2D eigenvalue weighted by Gasteiger charge is 2.16. The normalized spacial score (nSPS) is 11.1. The van der Waals surface area contributed by atoms with Crippen molar-refractivity contribution in [1.29, 1.82) is 0 Å². The highest BCUT2D eigenvalue weighted by atomic mass is 35.5. The Bertz CT molecular complexity index is 453. The number of para-hydroxylation sites is 1. The molecule has 0 unspecified atom stereocenters. The predicted molar refractivity (Wildman–Crippen MR) is 75.5 cm³/mol. The van der Waals surface area contributed by atoms with Crippen molar-refractivity contribution in [3.63, 3.8) is 0 Å². The lowest BCUT2D eigenvalue weighted by atomic mass is 10.2. The number of guanidine groups is 1. The molecule has 0 aliphatic rings. The number of amides is 2. The Kier molecular flexibility index (Phi) is 4.97. The first-order valence-corrected chi connectivity index (χ1v) is 5.83. The Labute approximate surface area is 112 Å². The summed E-state index contributed by atoms with van der Waals surface area (Å²) in [5, 5.41) is 5.95. The molecule has 0 saturated carbocycles. The smallest absolute Gasteiger partial charge is 0.328 e. The van der Waals surface area contributed by atoms with Crippen LogP contribution in [-0.2, 0) is 0 Å². The summed E-state index contributed by atoms with van der Waals surface area (Å²) in [6.45, 7) is 1.90. The van der Waals surface area contributed by atoms with Gasteiger partial charge in [0.25, 0.3) is 0 Å². The van der Waals surface area contributed by atoms with E-state index in [1.807, 2.05) is 19.1 Å². The van der Waals surface area contributed by atoms with Crippen LogP contribution < -0.4 is 15.5 Å². The van der Waals surface area contributed by atoms with Crippen LogP contribution in [-0.4, -0.2) is 33.1 Å². The molecule has 0 aromatic heterocycles. The second-order valence-corrected chi connectivity index (χ2v) is 4.12. The van der Waals surface area contributed by atoms with Crippen molar-refractivity contribution in [2.24, 2.45) is 4.99 Å². The topological polar surface area (TPSA) is 56.7 Å². The average Bonchev–Trinajstić information content (AvgIpc) is 2.35. The Morgan fingerprint density at radius 2 is 2.11 bits per heavy atom. The van der Waals surface area contributed by atoms with E-state index in [0.717, 1.165) is 5.56 Å². The van der Waals surface area contributed by atoms with Gasteiger partial charge in [0.05, 0.1) is 10.7 Å². The molecule has 0 aliphatic carbocycles. The van der Waals surface area contributed by atoms with Crippen molar-refractivity contribution >= 4 is 29.3 Å². The van der Waals surface area contributed by atoms with Gasteiger partial charge < -0.3 is 5.32 Å². The number of rotatable bonds is 1. The van der Waals surface area contributed by atoms with Gasteiger partial charge in [0.2, 0.25) is 0 Å². The van der Waals surface area contributed by atoms with Gasteiger partial charge in [-0.2, -0.15) is 0 Å². The Hall–Kier alpha value is -1.75. The number of hydrogen-bond donors (Lipinski definition) is 2. The lowest BCUT2D eigenvalue weighted by Gasteiger charge is -2.21. The summed E-state index contributed by atoms with van der Waals surface area (Å²) in [5.41, 5.74) is 1.61. The van der Waals surface area contributed by atoms with E-state index >= 15 is 0 Å². The number of aryl methyl sites for hydroxylation is 1. The molecule has 2 amide bonds. The van der Waals surface area contributed by atoms with Crippen molar-refractivity contribution in [3.05, 3.63) is 28.8 Å². The van der Waals surface area contributed by atoms with Crippen LogP contribution in [0, 0.1) is 6.92 Å². The van der Waals surface area contributed by atoms with Crippen LogP contribution in [0.2, 0.25) is 5.02 Å². The summed E-state index contributed by atoms with van der Waals surface area (Å²) in [6.07, 6.45) is 0. The maximum absolute atomic E-state index is 12.0. The zero-order chi connectivity index (χ0) is 13.7. The second-order valence-electron chi connectivity index (χ2n) is 3.72. The van der Waals surface area contributed by atoms with Crippen LogP contribution in [0.4, 0.5) is 10.5 Å². The molecule has 0 heterocycles. The number of carbonyl (C=O) groups excluding carboxylic acids is 1. The van der Waals surface area contributed by atoms with E-state index in [1.54, 1.807) is 27.2 Å². The van der Waals surface area contributed by atoms with Gasteiger partial charge in [-0.3, -0.25) is 15.2 Å². The standard InChI is InChI=1S/C12H17ClN4O/c1-8-6-5-7-9(13)10(8)17(4)12(18)16-11(14-2)15-3/h5-7H,1-4H3,(H2,14,15,16,18). The van der Waals surface area contributed by atoms with Crippen molar-refractivity contribution in [3.8, 4) is 0 Å². The molecule has 0 atom stereocenters. The van der Waals surface area contributed by atoms with Gasteiger partial charge in [-0.1, -0.05) is 23.7 Å². The van der Waals surface area contributed by atoms with E-state index in [2.05, 4.69) is 15.6 Å². The maximum Gasteiger partial charge on any atom is 0.328 e. The fourth-order valence-electron chi connectivity index (χ4n) is 1.56. The molecule has 1 aromatic carbocycles. The number of urea groups is 1. The zero-order valence-corrected chi connectivity index (χ0v) is 11.7. The quantitative estimate of drug-likeness (QED) is 0.605. The van der Waals surface area contributed by atoms with Crippen LogP contribution in [0.1, 0.15) is 5.56 Å². The molecular formula is C12H17ClN4O. The molecule has 2 N–H and O–H groups in total. The molecule has 0 fully saturated rings. The Balaban J connectivity index is 2.94. The van der Waals surface area contributed by atoms with E-state index in [1.165, 1.54) is 4.90 Å². The third-order valence-corrected chi connectivity index (χ3v) is 2.82. The van der Waals surface area contributed by atoms with Crippen LogP contribution in [0.5, 0.6) is 0 Å². The minimum absolute atomic E-state index is 0.304. The SMILES string of the molecule is CN=C(NC)NC(=O)N(C)c1c(C)cccc1Cl. The molecule has 0 bridgehead atoms. The third kappa shape index (κ3) is 3.13. The minimum Gasteiger partial charge on any atom is -0.359 e. The number of nitrogens with one attached hydrogen (secondary N) is 2. The summed E-state index contributed by atoms with van der Waals surface area (Å²) < 4.78 is 0. The molecular weight excluding hydrogens is 252 g/mol. The molecule has 6 heteroatoms. The summed E-state index contributed by atoms with van der Waals surface area (Å²) >= 11 is 6.11. The minimum atomic E-state index is -0.304. The molecule has 0 spiro atoms. The maximum atomic E-state index is 12.0. The number of halogens is 1. The Morgan fingerprint density at radius 3 is 2.61 bits per heavy atom. The summed E-state index contributed by atoms with van der Waals surface area (Å²) in [7, 11) is 4.93. The van der Waals surface area contributed by atoms with Gasteiger partial charge in [0.1, 0.15) is 0 Å². The second kappa shape index (κ2) is 6.26. The molecule has 0 radical (unpaired) electrons. The number of anilines is 1. The lowest BCUT2D eigenvalue weighted by molar-refractivity contribution is 0.251. The summed E-state index contributed by atoms with van der Waals surface area (Å²) in [5.74, 6) is 0.400. The average molecular weight is 269 g/mol. The first-order chi connectivity index (χ1) is 8.51. The fourth-order valence-corrected chi connectivity index (χ4v) is 1.91. The molecule has 5 nitrogen and oxygen atoms in total. The largest absolute Gasteiger partial charge is 0.359 e. The number of carbonyl (C=O) groups is 1. The van der Waals surface area contributed by atoms with Gasteiger partial charge in [0.15, 0.2) is 5.96 Å². The first kappa shape index (κ1) is 14.3. The Morgan fingerprint density at radius 1 is 1.44 bits per heavy atom. The first-order valence-electron chi connectivity index (χ1n) is 5.45. The predicted octanol–water partition coefficient (Wildman–Crippen LogP) is 2.00. The van der Waals surface area contributed by atoms with Gasteiger partial charge in [-0.25, -0.2) is 4.79 Å². The van der Waals surface area contributed by atoms with Crippen molar-refractivity contribution in [2.45, 2.75) is 6.92 Å². The highest BCUT2D eigenvalue weighted by Crippen LogP contribution is 2.28. The number of hydrogen-bond acceptors (Lipinski definition) is 2. The molecule has 1 aromatic rings. The summed E-state index contributed by atoms with van der Waals surface area (Å²) in [4.78, 5) is 17.4. The van der Waals surface area contributed by atoms with E-state index in [4.69, 9.17) is 11.6 Å². The molecule has 0 saturated heterocycles. The van der Waals surface area contributed by atoms with Crippen molar-refractivity contribution in [2.75, 3.05) is 26.0 Å².